The van der Waals surface area contributed by atoms with Gasteiger partial charge in [0.15, 0.2) is 5.78 Å². The van der Waals surface area contributed by atoms with Crippen molar-refractivity contribution in [2.45, 2.75) is 13.8 Å². The number of ketones is 1. The molecule has 0 fully saturated rings. The number of nitrogens with zero attached hydrogens (tertiary/aromatic N) is 1. The number of benzene rings is 2. The standard InChI is InChI=1S/C17H18FNO/c1-12-7-8-13(2)16(9-12)17(20)11-19(3)15-6-4-5-14(18)10-15/h4-10H,11H2,1-3H3. The van der Waals surface area contributed by atoms with E-state index in [0.29, 0.717) is 5.69 Å². The van der Waals surface area contributed by atoms with Gasteiger partial charge in [0.1, 0.15) is 5.82 Å². The number of rotatable bonds is 4. The predicted molar refractivity (Wildman–Crippen MR) is 79.9 cm³/mol. The Morgan fingerprint density at radius 1 is 1.15 bits per heavy atom. The molecule has 0 atom stereocenters. The van der Waals surface area contributed by atoms with Crippen molar-refractivity contribution < 1.29 is 9.18 Å². The maximum Gasteiger partial charge on any atom is 0.182 e. The molecule has 0 saturated heterocycles. The van der Waals surface area contributed by atoms with Crippen LogP contribution in [-0.4, -0.2) is 19.4 Å². The highest BCUT2D eigenvalue weighted by Gasteiger charge is 2.12. The van der Waals surface area contributed by atoms with Crippen molar-refractivity contribution >= 4 is 11.5 Å². The van der Waals surface area contributed by atoms with Gasteiger partial charge in [-0.1, -0.05) is 23.8 Å². The second kappa shape index (κ2) is 5.87. The zero-order valence-electron chi connectivity index (χ0n) is 12.0. The quantitative estimate of drug-likeness (QED) is 0.789. The lowest BCUT2D eigenvalue weighted by molar-refractivity contribution is 0.0999. The molecule has 0 amide bonds. The van der Waals surface area contributed by atoms with E-state index >= 15 is 0 Å². The van der Waals surface area contributed by atoms with Crippen molar-refractivity contribution in [2.75, 3.05) is 18.5 Å². The summed E-state index contributed by atoms with van der Waals surface area (Å²) in [5, 5.41) is 0. The summed E-state index contributed by atoms with van der Waals surface area (Å²) in [5.74, 6) is -0.258. The molecule has 0 N–H and O–H groups in total. The number of Topliss-reactive ketones (excluding diaryl/α,β-unsaturated/α-hetero) is 1. The van der Waals surface area contributed by atoms with Gasteiger partial charge in [0, 0.05) is 18.3 Å². The van der Waals surface area contributed by atoms with E-state index in [1.807, 2.05) is 32.0 Å². The lowest BCUT2D eigenvalue weighted by Gasteiger charge is -2.19. The Hall–Kier alpha value is -2.16. The first-order chi connectivity index (χ1) is 9.47. The molecule has 0 unspecified atom stereocenters. The number of halogens is 1. The molecule has 0 aliphatic rings. The largest absolute Gasteiger partial charge is 0.367 e. The first-order valence-corrected chi connectivity index (χ1v) is 6.54. The van der Waals surface area contributed by atoms with Crippen molar-refractivity contribution in [1.82, 2.24) is 0 Å². The van der Waals surface area contributed by atoms with Crippen molar-refractivity contribution in [2.24, 2.45) is 0 Å². The third-order valence-electron chi connectivity index (χ3n) is 3.32. The van der Waals surface area contributed by atoms with E-state index in [1.54, 1.807) is 24.1 Å². The Balaban J connectivity index is 2.17. The third-order valence-corrected chi connectivity index (χ3v) is 3.32. The highest BCUT2D eigenvalue weighted by molar-refractivity contribution is 6.00. The smallest absolute Gasteiger partial charge is 0.182 e. The summed E-state index contributed by atoms with van der Waals surface area (Å²) in [6, 6.07) is 12.1. The van der Waals surface area contributed by atoms with Gasteiger partial charge in [0.25, 0.3) is 0 Å². The maximum absolute atomic E-state index is 13.2. The Bertz CT molecular complexity index is 637. The van der Waals surface area contributed by atoms with Gasteiger partial charge in [-0.2, -0.15) is 0 Å². The highest BCUT2D eigenvalue weighted by atomic mass is 19.1. The molecular weight excluding hydrogens is 253 g/mol. The number of carbonyl (C=O) groups excluding carboxylic acids is 1. The van der Waals surface area contributed by atoms with Crippen molar-refractivity contribution in [3.05, 3.63) is 65.0 Å². The zero-order chi connectivity index (χ0) is 14.7. The van der Waals surface area contributed by atoms with Gasteiger partial charge in [0.05, 0.1) is 6.54 Å². The van der Waals surface area contributed by atoms with Crippen LogP contribution in [-0.2, 0) is 0 Å². The van der Waals surface area contributed by atoms with E-state index in [9.17, 15) is 9.18 Å². The summed E-state index contributed by atoms with van der Waals surface area (Å²) in [5.41, 5.74) is 3.46. The molecule has 2 rings (SSSR count). The van der Waals surface area contributed by atoms with Crippen LogP contribution in [0.1, 0.15) is 21.5 Å². The van der Waals surface area contributed by atoms with Crippen LogP contribution in [0.2, 0.25) is 0 Å². The average molecular weight is 271 g/mol. The second-order valence-electron chi connectivity index (χ2n) is 5.08. The fourth-order valence-electron chi connectivity index (χ4n) is 2.14. The highest BCUT2D eigenvalue weighted by Crippen LogP contribution is 2.16. The molecule has 0 radical (unpaired) electrons. The number of likely N-dealkylation sites (N-methyl/N-ethyl adjacent to an activating group) is 1. The minimum absolute atomic E-state index is 0.0398. The van der Waals surface area contributed by atoms with E-state index in [0.717, 1.165) is 16.7 Å². The van der Waals surface area contributed by atoms with E-state index in [4.69, 9.17) is 0 Å². The van der Waals surface area contributed by atoms with Gasteiger partial charge in [-0.25, -0.2) is 4.39 Å². The Labute approximate surface area is 118 Å². The number of aryl methyl sites for hydroxylation is 2. The summed E-state index contributed by atoms with van der Waals surface area (Å²) in [6.45, 7) is 4.12. The predicted octanol–water partition coefficient (Wildman–Crippen LogP) is 3.76. The first-order valence-electron chi connectivity index (χ1n) is 6.54. The molecule has 0 aliphatic heterocycles. The van der Waals surface area contributed by atoms with Crippen LogP contribution in [0.5, 0.6) is 0 Å². The topological polar surface area (TPSA) is 20.3 Å². The molecule has 0 saturated carbocycles. The van der Waals surface area contributed by atoms with E-state index < -0.39 is 0 Å². The Morgan fingerprint density at radius 3 is 2.60 bits per heavy atom. The zero-order valence-corrected chi connectivity index (χ0v) is 12.0. The van der Waals surface area contributed by atoms with Gasteiger partial charge in [-0.15, -0.1) is 0 Å². The summed E-state index contributed by atoms with van der Waals surface area (Å²) >= 11 is 0. The molecule has 2 aromatic rings. The summed E-state index contributed by atoms with van der Waals surface area (Å²) in [4.78, 5) is 14.1. The Kier molecular flexibility index (Phi) is 4.18. The van der Waals surface area contributed by atoms with Crippen molar-refractivity contribution in [3.63, 3.8) is 0 Å². The summed E-state index contributed by atoms with van der Waals surface area (Å²) < 4.78 is 13.2. The van der Waals surface area contributed by atoms with Crippen LogP contribution in [0.15, 0.2) is 42.5 Å². The molecule has 0 aromatic heterocycles. The second-order valence-corrected chi connectivity index (χ2v) is 5.08. The minimum Gasteiger partial charge on any atom is -0.367 e. The monoisotopic (exact) mass is 271 g/mol. The van der Waals surface area contributed by atoms with Crippen LogP contribution < -0.4 is 4.90 Å². The number of hydrogen-bond acceptors (Lipinski definition) is 2. The average Bonchev–Trinajstić information content (AvgIpc) is 2.41. The molecule has 2 aromatic carbocycles. The number of anilines is 1. The van der Waals surface area contributed by atoms with Gasteiger partial charge in [0.2, 0.25) is 0 Å². The molecule has 0 bridgehead atoms. The molecular formula is C17H18FNO. The Morgan fingerprint density at radius 2 is 1.90 bits per heavy atom. The fourth-order valence-corrected chi connectivity index (χ4v) is 2.14. The van der Waals surface area contributed by atoms with E-state index in [-0.39, 0.29) is 18.1 Å². The molecule has 0 aliphatic carbocycles. The van der Waals surface area contributed by atoms with E-state index in [1.165, 1.54) is 12.1 Å². The third kappa shape index (κ3) is 3.23. The fraction of sp³-hybridized carbons (Fsp3) is 0.235. The van der Waals surface area contributed by atoms with Crippen LogP contribution in [0.25, 0.3) is 0 Å². The maximum atomic E-state index is 13.2. The van der Waals surface area contributed by atoms with E-state index in [2.05, 4.69) is 0 Å². The van der Waals surface area contributed by atoms with Crippen LogP contribution >= 0.6 is 0 Å². The van der Waals surface area contributed by atoms with Crippen LogP contribution in [0.4, 0.5) is 10.1 Å². The minimum atomic E-state index is -0.298. The van der Waals surface area contributed by atoms with Crippen LogP contribution in [0.3, 0.4) is 0 Å². The van der Waals surface area contributed by atoms with Crippen molar-refractivity contribution in [1.29, 1.82) is 0 Å². The molecule has 3 heteroatoms. The molecule has 104 valence electrons. The van der Waals surface area contributed by atoms with Gasteiger partial charge < -0.3 is 4.90 Å². The van der Waals surface area contributed by atoms with Gasteiger partial charge in [-0.3, -0.25) is 4.79 Å². The molecule has 2 nitrogen and oxygen atoms in total. The SMILES string of the molecule is Cc1ccc(C)c(C(=O)CN(C)c2cccc(F)c2)c1. The summed E-state index contributed by atoms with van der Waals surface area (Å²) in [7, 11) is 1.79. The molecule has 20 heavy (non-hydrogen) atoms. The summed E-state index contributed by atoms with van der Waals surface area (Å²) in [6.07, 6.45) is 0. The van der Waals surface area contributed by atoms with Crippen molar-refractivity contribution in [3.8, 4) is 0 Å². The van der Waals surface area contributed by atoms with Gasteiger partial charge in [-0.05, 0) is 43.7 Å². The lowest BCUT2D eigenvalue weighted by atomic mass is 10.0. The first kappa shape index (κ1) is 14.3. The normalized spacial score (nSPS) is 10.4. The van der Waals surface area contributed by atoms with Gasteiger partial charge >= 0.3 is 0 Å². The molecule has 0 heterocycles. The van der Waals surface area contributed by atoms with Crippen LogP contribution in [0, 0.1) is 19.7 Å². The molecule has 0 spiro atoms. The number of carbonyl (C=O) groups is 1. The number of hydrogen-bond donors (Lipinski definition) is 0. The lowest BCUT2D eigenvalue weighted by Crippen LogP contribution is -2.26.